The average molecular weight is 292 g/mol. The van der Waals surface area contributed by atoms with Gasteiger partial charge < -0.3 is 9.84 Å². The molecule has 2 saturated carbocycles. The van der Waals surface area contributed by atoms with Gasteiger partial charge in [-0.1, -0.05) is 0 Å². The van der Waals surface area contributed by atoms with Crippen molar-refractivity contribution in [3.63, 3.8) is 0 Å². The van der Waals surface area contributed by atoms with Gasteiger partial charge in [-0.05, 0) is 37.5 Å². The van der Waals surface area contributed by atoms with E-state index in [4.69, 9.17) is 9.84 Å². The first-order valence-electron chi connectivity index (χ1n) is 6.02. The zero-order valence-corrected chi connectivity index (χ0v) is 9.89. The molecule has 0 heterocycles. The van der Waals surface area contributed by atoms with E-state index in [0.29, 0.717) is 12.3 Å². The van der Waals surface area contributed by atoms with Gasteiger partial charge in [0.05, 0.1) is 12.7 Å². The molecule has 0 aromatic rings. The van der Waals surface area contributed by atoms with Gasteiger partial charge in [-0.3, -0.25) is 0 Å². The van der Waals surface area contributed by atoms with Crippen LogP contribution < -0.4 is 0 Å². The fourth-order valence-electron chi connectivity index (χ4n) is 2.94. The van der Waals surface area contributed by atoms with Crippen LogP contribution >= 0.6 is 0 Å². The molecular weight excluding hydrogens is 278 g/mol. The molecule has 1 N–H and O–H groups in total. The number of hydrogen-bond acceptors (Lipinski definition) is 2. The maximum Gasteiger partial charge on any atom is 0.428 e. The zero-order chi connectivity index (χ0) is 14.5. The Hall–Kier alpha value is -0.500. The van der Waals surface area contributed by atoms with Crippen molar-refractivity contribution in [1.29, 1.82) is 0 Å². The van der Waals surface area contributed by atoms with Crippen LogP contribution in [0.4, 0.5) is 26.3 Å². The van der Waals surface area contributed by atoms with Gasteiger partial charge in [-0.2, -0.15) is 26.3 Å². The van der Waals surface area contributed by atoms with Gasteiger partial charge in [0.1, 0.15) is 0 Å². The normalized spacial score (nSPS) is 32.1. The Bertz CT molecular complexity index is 323. The maximum atomic E-state index is 12.4. The fraction of sp³-hybridized carbons (Fsp3) is 1.00. The van der Waals surface area contributed by atoms with Gasteiger partial charge in [0.2, 0.25) is 0 Å². The Balaban J connectivity index is 2.02. The highest BCUT2D eigenvalue weighted by Gasteiger charge is 2.71. The third-order valence-electron chi connectivity index (χ3n) is 4.12. The van der Waals surface area contributed by atoms with E-state index in [1.807, 2.05) is 0 Å². The monoisotopic (exact) mass is 292 g/mol. The second kappa shape index (κ2) is 4.51. The lowest BCUT2D eigenvalue weighted by atomic mass is 9.97. The molecule has 8 heteroatoms. The molecule has 2 rings (SSSR count). The van der Waals surface area contributed by atoms with Gasteiger partial charge in [0, 0.05) is 0 Å². The van der Waals surface area contributed by atoms with Crippen molar-refractivity contribution in [2.45, 2.75) is 49.7 Å². The molecule has 2 fully saturated rings. The standard InChI is InChI=1S/C11H14F6O2/c12-10(13,14)9(18,11(15,16)17)5-19-8-4-6-1-2-7(8)3-6/h6-8,18H,1-5H2. The van der Waals surface area contributed by atoms with Crippen LogP contribution in [0.15, 0.2) is 0 Å². The van der Waals surface area contributed by atoms with Crippen molar-refractivity contribution >= 4 is 0 Å². The number of rotatable bonds is 3. The van der Waals surface area contributed by atoms with Crippen LogP contribution in [0.5, 0.6) is 0 Å². The number of halogens is 6. The summed E-state index contributed by atoms with van der Waals surface area (Å²) in [5.74, 6) is 0.357. The van der Waals surface area contributed by atoms with Crippen LogP contribution in [0.1, 0.15) is 25.7 Å². The first-order chi connectivity index (χ1) is 8.54. The maximum absolute atomic E-state index is 12.4. The van der Waals surface area contributed by atoms with Gasteiger partial charge >= 0.3 is 12.4 Å². The van der Waals surface area contributed by atoms with E-state index in [0.717, 1.165) is 19.3 Å². The van der Waals surface area contributed by atoms with Crippen LogP contribution in [0.2, 0.25) is 0 Å². The summed E-state index contributed by atoms with van der Waals surface area (Å²) in [5.41, 5.74) is -4.79. The third kappa shape index (κ3) is 2.56. The predicted molar refractivity (Wildman–Crippen MR) is 52.2 cm³/mol. The summed E-state index contributed by atoms with van der Waals surface area (Å²) in [5, 5.41) is 8.94. The Labute approximate surface area is 105 Å². The lowest BCUT2D eigenvalue weighted by Crippen LogP contribution is -2.60. The van der Waals surface area contributed by atoms with Gasteiger partial charge in [-0.25, -0.2) is 0 Å². The summed E-state index contributed by atoms with van der Waals surface area (Å²) in [6.45, 7) is -1.78. The average Bonchev–Trinajstić information content (AvgIpc) is 2.83. The summed E-state index contributed by atoms with van der Waals surface area (Å²) in [7, 11) is 0. The van der Waals surface area contributed by atoms with E-state index >= 15 is 0 Å². The topological polar surface area (TPSA) is 29.5 Å². The van der Waals surface area contributed by atoms with Crippen molar-refractivity contribution in [1.82, 2.24) is 0 Å². The summed E-state index contributed by atoms with van der Waals surface area (Å²) >= 11 is 0. The first kappa shape index (κ1) is 14.9. The molecule has 0 spiro atoms. The van der Waals surface area contributed by atoms with Gasteiger partial charge in [-0.15, -0.1) is 0 Å². The Morgan fingerprint density at radius 3 is 1.89 bits per heavy atom. The highest BCUT2D eigenvalue weighted by Crippen LogP contribution is 2.48. The molecule has 2 aliphatic carbocycles. The van der Waals surface area contributed by atoms with Crippen molar-refractivity contribution in [3.05, 3.63) is 0 Å². The highest BCUT2D eigenvalue weighted by molar-refractivity contribution is 4.96. The first-order valence-corrected chi connectivity index (χ1v) is 6.02. The summed E-state index contributed by atoms with van der Waals surface area (Å²) in [6, 6.07) is 0. The lowest BCUT2D eigenvalue weighted by molar-refractivity contribution is -0.380. The SMILES string of the molecule is OC(COC1CC2CCC1C2)(C(F)(F)F)C(F)(F)F. The Morgan fingerprint density at radius 1 is 0.947 bits per heavy atom. The minimum absolute atomic E-state index is 0.0238. The minimum Gasteiger partial charge on any atom is -0.374 e. The summed E-state index contributed by atoms with van der Waals surface area (Å²) in [6.07, 6.45) is -9.21. The van der Waals surface area contributed by atoms with Crippen LogP contribution in [-0.4, -0.2) is 35.8 Å². The minimum atomic E-state index is -5.80. The largest absolute Gasteiger partial charge is 0.428 e. The van der Waals surface area contributed by atoms with Gasteiger partial charge in [0.25, 0.3) is 5.60 Å². The quantitative estimate of drug-likeness (QED) is 0.810. The van der Waals surface area contributed by atoms with Crippen LogP contribution in [-0.2, 0) is 4.74 Å². The van der Waals surface area contributed by atoms with E-state index in [-0.39, 0.29) is 5.92 Å². The van der Waals surface area contributed by atoms with E-state index in [9.17, 15) is 26.3 Å². The molecule has 19 heavy (non-hydrogen) atoms. The summed E-state index contributed by atoms with van der Waals surface area (Å²) in [4.78, 5) is 0. The molecule has 2 bridgehead atoms. The number of alkyl halides is 6. The summed E-state index contributed by atoms with van der Waals surface area (Å²) < 4.78 is 79.2. The molecule has 0 amide bonds. The molecule has 3 unspecified atom stereocenters. The van der Waals surface area contributed by atoms with Crippen molar-refractivity contribution in [3.8, 4) is 0 Å². The predicted octanol–water partition coefficient (Wildman–Crippen LogP) is 3.05. The number of ether oxygens (including phenoxy) is 1. The molecule has 2 nitrogen and oxygen atoms in total. The fourth-order valence-corrected chi connectivity index (χ4v) is 2.94. The van der Waals surface area contributed by atoms with Crippen LogP contribution in [0, 0.1) is 11.8 Å². The van der Waals surface area contributed by atoms with Crippen LogP contribution in [0.25, 0.3) is 0 Å². The second-order valence-electron chi connectivity index (χ2n) is 5.38. The van der Waals surface area contributed by atoms with E-state index < -0.39 is 30.7 Å². The van der Waals surface area contributed by atoms with E-state index in [1.165, 1.54) is 0 Å². The molecule has 2 aliphatic rings. The number of fused-ring (bicyclic) bond motifs is 2. The number of aliphatic hydroxyl groups is 1. The Morgan fingerprint density at radius 2 is 1.53 bits per heavy atom. The molecule has 0 aromatic carbocycles. The lowest BCUT2D eigenvalue weighted by Gasteiger charge is -2.34. The highest BCUT2D eigenvalue weighted by atomic mass is 19.4. The zero-order valence-electron chi connectivity index (χ0n) is 9.89. The van der Waals surface area contributed by atoms with Crippen molar-refractivity contribution in [2.24, 2.45) is 11.8 Å². The number of hydrogen-bond donors (Lipinski definition) is 1. The molecule has 3 atom stereocenters. The van der Waals surface area contributed by atoms with Crippen molar-refractivity contribution in [2.75, 3.05) is 6.61 Å². The van der Waals surface area contributed by atoms with E-state index in [1.54, 1.807) is 0 Å². The molecule has 0 saturated heterocycles. The van der Waals surface area contributed by atoms with Crippen molar-refractivity contribution < 1.29 is 36.2 Å². The molecular formula is C11H14F6O2. The Kier molecular flexibility index (Phi) is 3.54. The second-order valence-corrected chi connectivity index (χ2v) is 5.38. The molecule has 0 aliphatic heterocycles. The molecule has 0 aromatic heterocycles. The van der Waals surface area contributed by atoms with Crippen LogP contribution in [0.3, 0.4) is 0 Å². The van der Waals surface area contributed by atoms with Gasteiger partial charge in [0.15, 0.2) is 0 Å². The van der Waals surface area contributed by atoms with E-state index in [2.05, 4.69) is 0 Å². The smallest absolute Gasteiger partial charge is 0.374 e. The third-order valence-corrected chi connectivity index (χ3v) is 4.12. The molecule has 0 radical (unpaired) electrons. The molecule has 112 valence electrons.